The molecule has 3 rings (SSSR count). The summed E-state index contributed by atoms with van der Waals surface area (Å²) in [5.74, 6) is -2.49. The number of aliphatic hydroxyl groups excluding tert-OH is 4. The molecule has 10 nitrogen and oxygen atoms in total. The van der Waals surface area contributed by atoms with Gasteiger partial charge in [-0.2, -0.15) is 0 Å². The Kier molecular flexibility index (Phi) is 6.34. The smallest absolute Gasteiger partial charge is 0.335 e. The topological polar surface area (TPSA) is 174 Å². The highest BCUT2D eigenvalue weighted by molar-refractivity contribution is 5.94. The second-order valence-corrected chi connectivity index (χ2v) is 6.78. The summed E-state index contributed by atoms with van der Waals surface area (Å²) in [4.78, 5) is 22.5. The molecular formula is C20H20O10. The first-order valence-electron chi connectivity index (χ1n) is 8.91. The first kappa shape index (κ1) is 21.7. The van der Waals surface area contributed by atoms with Gasteiger partial charge in [-0.25, -0.2) is 9.59 Å². The van der Waals surface area contributed by atoms with E-state index >= 15 is 0 Å². The summed E-state index contributed by atoms with van der Waals surface area (Å²) in [5.41, 5.74) is -0.178. The van der Waals surface area contributed by atoms with Crippen LogP contribution in [0.1, 0.15) is 32.4 Å². The van der Waals surface area contributed by atoms with Crippen LogP contribution in [0.15, 0.2) is 42.5 Å². The number of aromatic carboxylic acids is 2. The van der Waals surface area contributed by atoms with Gasteiger partial charge in [-0.3, -0.25) is 0 Å². The van der Waals surface area contributed by atoms with Crippen LogP contribution in [0.25, 0.3) is 0 Å². The van der Waals surface area contributed by atoms with Gasteiger partial charge >= 0.3 is 11.9 Å². The average molecular weight is 420 g/mol. The highest BCUT2D eigenvalue weighted by atomic mass is 16.5. The van der Waals surface area contributed by atoms with Gasteiger partial charge in [0.2, 0.25) is 0 Å². The number of hydrogen-bond donors (Lipinski definition) is 6. The van der Waals surface area contributed by atoms with Crippen LogP contribution in [0.4, 0.5) is 0 Å². The molecule has 160 valence electrons. The van der Waals surface area contributed by atoms with Crippen molar-refractivity contribution in [1.82, 2.24) is 0 Å². The fourth-order valence-corrected chi connectivity index (χ4v) is 3.17. The molecule has 5 atom stereocenters. The van der Waals surface area contributed by atoms with E-state index in [1.54, 1.807) is 12.1 Å². The Balaban J connectivity index is 1.89. The first-order valence-corrected chi connectivity index (χ1v) is 8.91. The van der Waals surface area contributed by atoms with Crippen LogP contribution in [-0.2, 0) is 4.74 Å². The van der Waals surface area contributed by atoms with Crippen LogP contribution < -0.4 is 4.74 Å². The molecule has 1 heterocycles. The van der Waals surface area contributed by atoms with E-state index < -0.39 is 49.1 Å². The van der Waals surface area contributed by atoms with E-state index in [-0.39, 0.29) is 22.6 Å². The third kappa shape index (κ3) is 4.42. The van der Waals surface area contributed by atoms with Crippen molar-refractivity contribution in [3.8, 4) is 11.5 Å². The molecule has 30 heavy (non-hydrogen) atoms. The van der Waals surface area contributed by atoms with Crippen LogP contribution >= 0.6 is 0 Å². The Morgan fingerprint density at radius 3 is 2.07 bits per heavy atom. The lowest BCUT2D eigenvalue weighted by Crippen LogP contribution is -2.55. The average Bonchev–Trinajstić information content (AvgIpc) is 2.72. The molecule has 1 saturated heterocycles. The Bertz CT molecular complexity index is 909. The monoisotopic (exact) mass is 420 g/mol. The standard InChI is InChI=1S/C20H20O10/c21-8-14-15(22)16(23)17(24)18(30-14)9-2-1-3-12(5-9)29-13-6-10(19(25)26)4-11(7-13)20(27)28/h1-7,14-18,21-24H,8H2,(H,25,26)(H,27,28)/t14-,15-,16+,17+,18-/m1/s1. The van der Waals surface area contributed by atoms with Gasteiger partial charge < -0.3 is 40.1 Å². The molecule has 1 aliphatic rings. The second-order valence-electron chi connectivity index (χ2n) is 6.78. The summed E-state index contributed by atoms with van der Waals surface area (Å²) in [7, 11) is 0. The van der Waals surface area contributed by atoms with Crippen LogP contribution in [0, 0.1) is 0 Å². The van der Waals surface area contributed by atoms with Gasteiger partial charge in [-0.15, -0.1) is 0 Å². The normalized spacial score (nSPS) is 26.2. The van der Waals surface area contributed by atoms with E-state index in [9.17, 15) is 30.0 Å². The van der Waals surface area contributed by atoms with Crippen LogP contribution in [0.2, 0.25) is 0 Å². The van der Waals surface area contributed by atoms with E-state index in [4.69, 9.17) is 19.7 Å². The van der Waals surface area contributed by atoms with Gasteiger partial charge in [0.15, 0.2) is 0 Å². The Morgan fingerprint density at radius 1 is 0.867 bits per heavy atom. The van der Waals surface area contributed by atoms with Crippen LogP contribution in [0.5, 0.6) is 11.5 Å². The number of ether oxygens (including phenoxy) is 2. The lowest BCUT2D eigenvalue weighted by atomic mass is 9.91. The molecule has 0 unspecified atom stereocenters. The molecule has 1 fully saturated rings. The van der Waals surface area contributed by atoms with Crippen molar-refractivity contribution in [3.05, 3.63) is 59.2 Å². The number of aliphatic hydroxyl groups is 4. The molecule has 0 bridgehead atoms. The SMILES string of the molecule is O=C(O)c1cc(Oc2cccc([C@H]3O[C@H](CO)[C@@H](O)[C@H](O)[C@@H]3O)c2)cc(C(=O)O)c1. The number of carboxylic acid groups (broad SMARTS) is 2. The summed E-state index contributed by atoms with van der Waals surface area (Å²) < 4.78 is 11.1. The maximum Gasteiger partial charge on any atom is 0.335 e. The van der Waals surface area contributed by atoms with Crippen molar-refractivity contribution >= 4 is 11.9 Å². The number of carboxylic acids is 2. The Hall–Kier alpha value is -3.02. The number of hydrogen-bond acceptors (Lipinski definition) is 8. The largest absolute Gasteiger partial charge is 0.478 e. The second kappa shape index (κ2) is 8.78. The zero-order valence-electron chi connectivity index (χ0n) is 15.5. The Labute approximate surface area is 170 Å². The first-order chi connectivity index (χ1) is 14.2. The van der Waals surface area contributed by atoms with Crippen LogP contribution in [-0.4, -0.2) is 73.6 Å². The molecule has 0 amide bonds. The number of carbonyl (C=O) groups is 2. The zero-order chi connectivity index (χ0) is 22.0. The number of benzene rings is 2. The highest BCUT2D eigenvalue weighted by Gasteiger charge is 2.44. The van der Waals surface area contributed by atoms with Crippen molar-refractivity contribution in [2.75, 3.05) is 6.61 Å². The quantitative estimate of drug-likeness (QED) is 0.383. The van der Waals surface area contributed by atoms with E-state index in [2.05, 4.69) is 0 Å². The molecule has 6 N–H and O–H groups in total. The van der Waals surface area contributed by atoms with E-state index in [1.807, 2.05) is 0 Å². The molecule has 0 radical (unpaired) electrons. The molecule has 2 aromatic rings. The minimum absolute atomic E-state index is 0.0294. The molecule has 0 spiro atoms. The lowest BCUT2D eigenvalue weighted by molar-refractivity contribution is -0.231. The summed E-state index contributed by atoms with van der Waals surface area (Å²) in [5, 5.41) is 57.8. The van der Waals surface area contributed by atoms with Crippen LogP contribution in [0.3, 0.4) is 0 Å². The van der Waals surface area contributed by atoms with Gasteiger partial charge in [0.25, 0.3) is 0 Å². The third-order valence-corrected chi connectivity index (χ3v) is 4.72. The molecule has 2 aromatic carbocycles. The third-order valence-electron chi connectivity index (χ3n) is 4.72. The van der Waals surface area contributed by atoms with Crippen molar-refractivity contribution in [2.24, 2.45) is 0 Å². The zero-order valence-corrected chi connectivity index (χ0v) is 15.5. The maximum absolute atomic E-state index is 11.2. The van der Waals surface area contributed by atoms with Crippen molar-refractivity contribution < 1.29 is 49.7 Å². The molecule has 0 aliphatic carbocycles. The summed E-state index contributed by atoms with van der Waals surface area (Å²) >= 11 is 0. The number of rotatable bonds is 6. The summed E-state index contributed by atoms with van der Waals surface area (Å²) in [6, 6.07) is 9.40. The van der Waals surface area contributed by atoms with Crippen molar-refractivity contribution in [1.29, 1.82) is 0 Å². The van der Waals surface area contributed by atoms with E-state index in [0.29, 0.717) is 5.56 Å². The predicted octanol–water partition coefficient (Wildman–Crippen LogP) is 0.390. The maximum atomic E-state index is 11.2. The molecule has 1 aliphatic heterocycles. The fourth-order valence-electron chi connectivity index (χ4n) is 3.17. The van der Waals surface area contributed by atoms with E-state index in [1.165, 1.54) is 12.1 Å². The van der Waals surface area contributed by atoms with Gasteiger partial charge in [-0.1, -0.05) is 12.1 Å². The fraction of sp³-hybridized carbons (Fsp3) is 0.300. The molecular weight excluding hydrogens is 400 g/mol. The summed E-state index contributed by atoms with van der Waals surface area (Å²) in [6.07, 6.45) is -6.68. The minimum Gasteiger partial charge on any atom is -0.478 e. The Morgan fingerprint density at radius 2 is 1.50 bits per heavy atom. The van der Waals surface area contributed by atoms with Gasteiger partial charge in [0, 0.05) is 0 Å². The predicted molar refractivity (Wildman–Crippen MR) is 99.6 cm³/mol. The highest BCUT2D eigenvalue weighted by Crippen LogP contribution is 2.34. The minimum atomic E-state index is -1.55. The van der Waals surface area contributed by atoms with Gasteiger partial charge in [0.05, 0.1) is 17.7 Å². The van der Waals surface area contributed by atoms with E-state index in [0.717, 1.165) is 18.2 Å². The van der Waals surface area contributed by atoms with Crippen molar-refractivity contribution in [2.45, 2.75) is 30.5 Å². The van der Waals surface area contributed by atoms with Gasteiger partial charge in [-0.05, 0) is 35.9 Å². The molecule has 10 heteroatoms. The molecule has 0 aromatic heterocycles. The molecule has 0 saturated carbocycles. The lowest BCUT2D eigenvalue weighted by Gasteiger charge is -2.40. The van der Waals surface area contributed by atoms with Gasteiger partial charge in [0.1, 0.15) is 42.0 Å². The summed E-state index contributed by atoms with van der Waals surface area (Å²) in [6.45, 7) is -0.572. The van der Waals surface area contributed by atoms with Crippen molar-refractivity contribution in [3.63, 3.8) is 0 Å².